The van der Waals surface area contributed by atoms with Gasteiger partial charge in [-0.2, -0.15) is 8.78 Å². The maximum Gasteiger partial charge on any atom is 0.408 e. The highest BCUT2D eigenvalue weighted by molar-refractivity contribution is 5.98. The molecule has 3 atom stereocenters. The van der Waals surface area contributed by atoms with Crippen LogP contribution in [0.15, 0.2) is 158 Å². The van der Waals surface area contributed by atoms with Crippen LogP contribution in [-0.2, 0) is 45.5 Å². The Labute approximate surface area is 396 Å². The number of likely N-dealkylation sites (tertiary alicyclic amines) is 1. The lowest BCUT2D eigenvalue weighted by molar-refractivity contribution is -0.188. The molecule has 69 heavy (non-hydrogen) atoms. The van der Waals surface area contributed by atoms with Crippen LogP contribution in [0.4, 0.5) is 22.4 Å². The largest absolute Gasteiger partial charge is 0.460 e. The zero-order valence-corrected chi connectivity index (χ0v) is 37.9. The van der Waals surface area contributed by atoms with Crippen molar-refractivity contribution in [2.75, 3.05) is 19.8 Å². The van der Waals surface area contributed by atoms with Crippen LogP contribution in [0.5, 0.6) is 0 Å². The predicted octanol–water partition coefficient (Wildman–Crippen LogP) is 10.1. The number of nitrogens with zero attached hydrogens (tertiary/aromatic N) is 1. The fourth-order valence-electron chi connectivity index (χ4n) is 10.2. The Hall–Kier alpha value is -7.32. The number of carbonyl (C=O) groups is 4. The van der Waals surface area contributed by atoms with Gasteiger partial charge in [-0.05, 0) is 76.4 Å². The summed E-state index contributed by atoms with van der Waals surface area (Å²) < 4.78 is 80.6. The van der Waals surface area contributed by atoms with Crippen molar-refractivity contribution in [3.63, 3.8) is 0 Å². The van der Waals surface area contributed by atoms with E-state index in [2.05, 4.69) is 5.32 Å². The monoisotopic (exact) mass is 940 g/mol. The summed E-state index contributed by atoms with van der Waals surface area (Å²) in [7, 11) is 0. The van der Waals surface area contributed by atoms with Crippen LogP contribution < -0.4 is 5.32 Å². The van der Waals surface area contributed by atoms with Crippen LogP contribution in [-0.4, -0.2) is 78.2 Å². The molecule has 3 aliphatic rings. The minimum atomic E-state index is -4.86. The first-order chi connectivity index (χ1) is 33.1. The van der Waals surface area contributed by atoms with E-state index >= 15 is 14.4 Å². The molecule has 6 aromatic rings. The molecule has 6 aromatic carbocycles. The van der Waals surface area contributed by atoms with Crippen molar-refractivity contribution in [2.45, 2.75) is 68.4 Å². The fraction of sp³-hybridized carbons (Fsp3) is 0.273. The van der Waals surface area contributed by atoms with Crippen LogP contribution in [0.3, 0.4) is 0 Å². The quantitative estimate of drug-likeness (QED) is 0.0686. The minimum Gasteiger partial charge on any atom is -0.460 e. The summed E-state index contributed by atoms with van der Waals surface area (Å²) in [6.07, 6.45) is -5.56. The highest BCUT2D eigenvalue weighted by Crippen LogP contribution is 2.58. The SMILES string of the molecule is CC(C)(C)OC(=O)[C@H]1[C@@H](C(=O)OCc2ccccc2)N(C2(c3ccccc3)c3ccccc3-c3ccccc32)C[C@@]1(NC(=O)OCC1c2ccccc2-c2ccccc21)C(=O)OCC(F)(F)C(F)F. The first kappa shape index (κ1) is 46.8. The van der Waals surface area contributed by atoms with Gasteiger partial charge < -0.3 is 24.3 Å². The zero-order valence-electron chi connectivity index (χ0n) is 37.9. The average molecular weight is 941 g/mol. The second-order valence-electron chi connectivity index (χ2n) is 18.4. The van der Waals surface area contributed by atoms with Crippen LogP contribution in [0.25, 0.3) is 22.3 Å². The molecule has 0 aromatic heterocycles. The van der Waals surface area contributed by atoms with Crippen LogP contribution >= 0.6 is 0 Å². The van der Waals surface area contributed by atoms with Crippen molar-refractivity contribution < 1.29 is 55.7 Å². The number of carbonyl (C=O) groups excluding carboxylic acids is 4. The van der Waals surface area contributed by atoms with E-state index in [1.807, 2.05) is 84.9 Å². The second-order valence-corrected chi connectivity index (χ2v) is 18.4. The summed E-state index contributed by atoms with van der Waals surface area (Å²) in [4.78, 5) is 62.2. The third-order valence-electron chi connectivity index (χ3n) is 13.0. The van der Waals surface area contributed by atoms with Gasteiger partial charge in [0.25, 0.3) is 0 Å². The molecule has 0 saturated carbocycles. The Morgan fingerprint density at radius 3 is 1.71 bits per heavy atom. The van der Waals surface area contributed by atoms with Gasteiger partial charge in [0, 0.05) is 12.5 Å². The topological polar surface area (TPSA) is 120 Å². The van der Waals surface area contributed by atoms with Gasteiger partial charge in [0.2, 0.25) is 0 Å². The number of hydrogen-bond donors (Lipinski definition) is 1. The molecule has 0 radical (unpaired) electrons. The predicted molar refractivity (Wildman–Crippen MR) is 247 cm³/mol. The van der Waals surface area contributed by atoms with E-state index in [1.54, 1.807) is 72.8 Å². The molecule has 9 rings (SSSR count). The third-order valence-corrected chi connectivity index (χ3v) is 13.0. The summed E-state index contributed by atoms with van der Waals surface area (Å²) >= 11 is 0. The third kappa shape index (κ3) is 8.40. The highest BCUT2D eigenvalue weighted by atomic mass is 19.3. The van der Waals surface area contributed by atoms with Gasteiger partial charge in [0.05, 0.1) is 5.54 Å². The summed E-state index contributed by atoms with van der Waals surface area (Å²) in [5.41, 5.74) is 1.48. The normalized spacial score (nSPS) is 19.2. The van der Waals surface area contributed by atoms with E-state index in [0.29, 0.717) is 22.3 Å². The maximum atomic E-state index is 15.4. The number of amides is 1. The second kappa shape index (κ2) is 18.3. The Kier molecular flexibility index (Phi) is 12.4. The maximum absolute atomic E-state index is 15.4. The molecule has 0 unspecified atom stereocenters. The molecular weight excluding hydrogens is 893 g/mol. The van der Waals surface area contributed by atoms with Crippen molar-refractivity contribution in [3.05, 3.63) is 191 Å². The Morgan fingerprint density at radius 2 is 1.16 bits per heavy atom. The van der Waals surface area contributed by atoms with Gasteiger partial charge in [-0.15, -0.1) is 0 Å². The molecule has 0 bridgehead atoms. The van der Waals surface area contributed by atoms with Gasteiger partial charge in [-0.25, -0.2) is 18.4 Å². The number of alkyl halides is 4. The molecule has 1 aliphatic heterocycles. The highest BCUT2D eigenvalue weighted by Gasteiger charge is 2.71. The first-order valence-corrected chi connectivity index (χ1v) is 22.5. The summed E-state index contributed by atoms with van der Waals surface area (Å²) in [5, 5.41) is 2.56. The molecule has 2 aliphatic carbocycles. The zero-order chi connectivity index (χ0) is 48.7. The van der Waals surface area contributed by atoms with Gasteiger partial charge in [-0.3, -0.25) is 14.5 Å². The van der Waals surface area contributed by atoms with Gasteiger partial charge in [0.15, 0.2) is 12.1 Å². The molecule has 0 spiro atoms. The Bertz CT molecular complexity index is 2820. The molecule has 1 amide bonds. The van der Waals surface area contributed by atoms with Crippen molar-refractivity contribution >= 4 is 24.0 Å². The van der Waals surface area contributed by atoms with Crippen molar-refractivity contribution in [1.82, 2.24) is 10.2 Å². The average Bonchev–Trinajstić information content (AvgIpc) is 3.97. The number of hydrogen-bond acceptors (Lipinski definition) is 9. The smallest absolute Gasteiger partial charge is 0.408 e. The van der Waals surface area contributed by atoms with E-state index in [1.165, 1.54) is 25.7 Å². The number of fused-ring (bicyclic) bond motifs is 6. The fourth-order valence-corrected chi connectivity index (χ4v) is 10.2. The van der Waals surface area contributed by atoms with E-state index in [4.69, 9.17) is 18.9 Å². The van der Waals surface area contributed by atoms with E-state index in [-0.39, 0.29) is 13.2 Å². The van der Waals surface area contributed by atoms with Crippen LogP contribution in [0, 0.1) is 5.92 Å². The number of rotatable bonds is 13. The van der Waals surface area contributed by atoms with Crippen molar-refractivity contribution in [1.29, 1.82) is 0 Å². The summed E-state index contributed by atoms with van der Waals surface area (Å²) in [5.74, 6) is -11.5. The number of esters is 3. The molecule has 14 heteroatoms. The summed E-state index contributed by atoms with van der Waals surface area (Å²) in [6, 6.07) is 45.5. The Morgan fingerprint density at radius 1 is 0.652 bits per heavy atom. The number of alkyl carbamates (subject to hydrolysis) is 1. The minimum absolute atomic E-state index is 0.299. The van der Waals surface area contributed by atoms with Gasteiger partial charge in [0.1, 0.15) is 30.8 Å². The molecule has 354 valence electrons. The summed E-state index contributed by atoms with van der Waals surface area (Å²) in [6.45, 7) is 1.04. The molecule has 10 nitrogen and oxygen atoms in total. The van der Waals surface area contributed by atoms with Crippen LogP contribution in [0.2, 0.25) is 0 Å². The van der Waals surface area contributed by atoms with E-state index in [0.717, 1.165) is 33.4 Å². The number of halogens is 4. The molecule has 1 heterocycles. The lowest BCUT2D eigenvalue weighted by atomic mass is 9.78. The lowest BCUT2D eigenvalue weighted by Gasteiger charge is -2.44. The molecule has 1 saturated heterocycles. The van der Waals surface area contributed by atoms with Crippen molar-refractivity contribution in [2.24, 2.45) is 5.92 Å². The lowest BCUT2D eigenvalue weighted by Crippen LogP contribution is -2.64. The van der Waals surface area contributed by atoms with Gasteiger partial charge in [-0.1, -0.05) is 158 Å². The Balaban J connectivity index is 1.24. The van der Waals surface area contributed by atoms with Crippen LogP contribution in [0.1, 0.15) is 60.1 Å². The number of benzene rings is 6. The standard InChI is InChI=1S/C55H48F4N2O8/c1-52(2,3)69-47(62)45-46(48(63)66-30-34-18-6-4-7-19-34)61(55(35-20-8-5-9-21-35)43-28-16-14-26-40(43)41-27-15-17-29-44(41)55)32-53(45,50(64)68-33-54(58,59)49(56)57)60-51(65)67-31-42-38-24-12-10-22-36(38)37-23-11-13-25-39(37)42/h4-29,42,45-46,49H,30-33H2,1-3H3,(H,60,65)/t45-,46+,53+/m1/s1. The van der Waals surface area contributed by atoms with E-state index < -0.39 is 84.1 Å². The number of ether oxygens (including phenoxy) is 4. The molecule has 1 fully saturated rings. The van der Waals surface area contributed by atoms with Crippen molar-refractivity contribution in [3.8, 4) is 22.3 Å². The molecular formula is C55H48F4N2O8. The number of nitrogens with one attached hydrogen (secondary N) is 1. The van der Waals surface area contributed by atoms with Gasteiger partial charge >= 0.3 is 36.3 Å². The van der Waals surface area contributed by atoms with E-state index in [9.17, 15) is 22.4 Å². The first-order valence-electron chi connectivity index (χ1n) is 22.5. The molecule has 1 N–H and O–H groups in total.